The summed E-state index contributed by atoms with van der Waals surface area (Å²) in [6.07, 6.45) is 2.97. The van der Waals surface area contributed by atoms with Crippen LogP contribution < -0.4 is 4.74 Å². The van der Waals surface area contributed by atoms with Gasteiger partial charge in [0.15, 0.2) is 0 Å². The zero-order chi connectivity index (χ0) is 16.4. The number of thiophene rings is 1. The van der Waals surface area contributed by atoms with E-state index in [0.717, 1.165) is 11.3 Å². The first-order chi connectivity index (χ1) is 11.0. The van der Waals surface area contributed by atoms with Gasteiger partial charge in [0.25, 0.3) is 15.9 Å². The Kier molecular flexibility index (Phi) is 4.50. The van der Waals surface area contributed by atoms with Crippen LogP contribution in [-0.2, 0) is 10.0 Å². The third-order valence-electron chi connectivity index (χ3n) is 3.30. The molecule has 23 heavy (non-hydrogen) atoms. The lowest BCUT2D eigenvalue weighted by Crippen LogP contribution is -2.30. The lowest BCUT2D eigenvalue weighted by molar-refractivity contribution is 0.205. The number of hydrogen-bond donors (Lipinski definition) is 0. The molecule has 0 N–H and O–H groups in total. The van der Waals surface area contributed by atoms with E-state index in [1.165, 1.54) is 22.8 Å². The molecule has 0 bridgehead atoms. The minimum Gasteiger partial charge on any atom is -0.471 e. The Bertz CT molecular complexity index is 862. The monoisotopic (exact) mass is 370 g/mol. The number of hydrogen-bond acceptors (Lipinski definition) is 7. The lowest BCUT2D eigenvalue weighted by atomic mass is 10.3. The van der Waals surface area contributed by atoms with Crippen molar-refractivity contribution in [2.75, 3.05) is 13.1 Å². The molecule has 0 spiro atoms. The molecule has 0 radical (unpaired) electrons. The van der Waals surface area contributed by atoms with Gasteiger partial charge in [-0.1, -0.05) is 11.6 Å². The van der Waals surface area contributed by atoms with Crippen LogP contribution in [0, 0.1) is 11.3 Å². The fraction of sp³-hybridized carbons (Fsp3) is 0.308. The van der Waals surface area contributed by atoms with Crippen LogP contribution in [0.1, 0.15) is 12.1 Å². The number of rotatable bonds is 4. The van der Waals surface area contributed by atoms with Crippen molar-refractivity contribution in [3.8, 4) is 11.9 Å². The Morgan fingerprint density at radius 2 is 2.17 bits per heavy atom. The van der Waals surface area contributed by atoms with Crippen molar-refractivity contribution in [1.29, 1.82) is 5.26 Å². The number of ether oxygens (including phenoxy) is 1. The molecule has 0 aliphatic carbocycles. The van der Waals surface area contributed by atoms with E-state index in [2.05, 4.69) is 9.97 Å². The summed E-state index contributed by atoms with van der Waals surface area (Å²) in [5, 5.41) is 8.97. The highest BCUT2D eigenvalue weighted by Crippen LogP contribution is 2.30. The first kappa shape index (κ1) is 16.1. The molecule has 10 heteroatoms. The predicted octanol–water partition coefficient (Wildman–Crippen LogP) is 1.91. The smallest absolute Gasteiger partial charge is 0.252 e. The Balaban J connectivity index is 1.73. The standard InChI is InChI=1S/C13H11ClN4O3S2/c14-11-1-2-12(22-11)23(19,20)18-6-3-9(8-18)21-13-10(7-15)16-4-5-17-13/h1-2,4-5,9H,3,6,8H2/t9-/m1/s1. The molecule has 1 fully saturated rings. The SMILES string of the molecule is N#Cc1nccnc1O[C@@H]1CCN(S(=O)(=O)c2ccc(Cl)s2)C1. The van der Waals surface area contributed by atoms with Gasteiger partial charge in [0.1, 0.15) is 16.4 Å². The zero-order valence-corrected chi connectivity index (χ0v) is 14.1. The molecule has 120 valence electrons. The van der Waals surface area contributed by atoms with Gasteiger partial charge >= 0.3 is 0 Å². The van der Waals surface area contributed by atoms with E-state index < -0.39 is 10.0 Å². The molecular formula is C13H11ClN4O3S2. The molecule has 0 aromatic carbocycles. The normalized spacial score (nSPS) is 18.7. The van der Waals surface area contributed by atoms with Crippen molar-refractivity contribution in [2.24, 2.45) is 0 Å². The molecule has 1 atom stereocenters. The lowest BCUT2D eigenvalue weighted by Gasteiger charge is -2.16. The van der Waals surface area contributed by atoms with E-state index in [1.54, 1.807) is 6.07 Å². The van der Waals surface area contributed by atoms with Gasteiger partial charge in [0.05, 0.1) is 10.9 Å². The van der Waals surface area contributed by atoms with Crippen LogP contribution in [0.3, 0.4) is 0 Å². The Morgan fingerprint density at radius 3 is 2.87 bits per heavy atom. The van der Waals surface area contributed by atoms with E-state index in [0.29, 0.717) is 17.3 Å². The largest absolute Gasteiger partial charge is 0.471 e. The maximum Gasteiger partial charge on any atom is 0.252 e. The summed E-state index contributed by atoms with van der Waals surface area (Å²) in [5.41, 5.74) is 0.0823. The van der Waals surface area contributed by atoms with Crippen molar-refractivity contribution in [1.82, 2.24) is 14.3 Å². The molecule has 0 amide bonds. The van der Waals surface area contributed by atoms with Gasteiger partial charge in [-0.15, -0.1) is 11.3 Å². The van der Waals surface area contributed by atoms with Crippen LogP contribution >= 0.6 is 22.9 Å². The number of nitrogens with zero attached hydrogens (tertiary/aromatic N) is 4. The topological polar surface area (TPSA) is 96.2 Å². The van der Waals surface area contributed by atoms with Crippen LogP contribution in [0.5, 0.6) is 5.88 Å². The Labute approximate surface area is 142 Å². The molecule has 3 rings (SSSR count). The fourth-order valence-corrected chi connectivity index (χ4v) is 5.35. The molecule has 7 nitrogen and oxygen atoms in total. The second kappa shape index (κ2) is 6.41. The zero-order valence-electron chi connectivity index (χ0n) is 11.7. The molecule has 1 aliphatic heterocycles. The molecule has 2 aromatic heterocycles. The summed E-state index contributed by atoms with van der Waals surface area (Å²) < 4.78 is 32.6. The third kappa shape index (κ3) is 3.30. The number of nitriles is 1. The summed E-state index contributed by atoms with van der Waals surface area (Å²) in [5.74, 6) is 0.124. The second-order valence-corrected chi connectivity index (χ2v) is 8.65. The van der Waals surface area contributed by atoms with E-state index in [9.17, 15) is 8.42 Å². The quantitative estimate of drug-likeness (QED) is 0.815. The minimum atomic E-state index is -3.57. The van der Waals surface area contributed by atoms with Crippen LogP contribution in [0.4, 0.5) is 0 Å². The van der Waals surface area contributed by atoms with E-state index in [-0.39, 0.29) is 28.4 Å². The van der Waals surface area contributed by atoms with Crippen molar-refractivity contribution in [2.45, 2.75) is 16.7 Å². The van der Waals surface area contributed by atoms with Gasteiger partial charge in [0, 0.05) is 18.9 Å². The molecule has 1 saturated heterocycles. The highest BCUT2D eigenvalue weighted by molar-refractivity contribution is 7.91. The van der Waals surface area contributed by atoms with Crippen molar-refractivity contribution >= 4 is 33.0 Å². The summed E-state index contributed by atoms with van der Waals surface area (Å²) in [7, 11) is -3.57. The van der Waals surface area contributed by atoms with Crippen LogP contribution in [0.2, 0.25) is 4.34 Å². The van der Waals surface area contributed by atoms with Gasteiger partial charge in [-0.2, -0.15) is 9.57 Å². The minimum absolute atomic E-state index is 0.0823. The van der Waals surface area contributed by atoms with Crippen LogP contribution in [0.15, 0.2) is 28.7 Å². The first-order valence-corrected chi connectivity index (χ1v) is 9.27. The number of halogens is 1. The van der Waals surface area contributed by atoms with E-state index in [4.69, 9.17) is 21.6 Å². The van der Waals surface area contributed by atoms with Crippen LogP contribution in [0.25, 0.3) is 0 Å². The average molecular weight is 371 g/mol. The molecule has 1 aliphatic rings. The summed E-state index contributed by atoms with van der Waals surface area (Å²) in [6, 6.07) is 4.95. The van der Waals surface area contributed by atoms with Gasteiger partial charge in [-0.3, -0.25) is 0 Å². The summed E-state index contributed by atoms with van der Waals surface area (Å²) in [6.45, 7) is 0.532. The van der Waals surface area contributed by atoms with Gasteiger partial charge in [0.2, 0.25) is 5.69 Å². The second-order valence-electron chi connectivity index (χ2n) is 4.77. The van der Waals surface area contributed by atoms with E-state index in [1.807, 2.05) is 6.07 Å². The number of aromatic nitrogens is 2. The molecule has 2 aromatic rings. The summed E-state index contributed by atoms with van der Waals surface area (Å²) >= 11 is 6.83. The highest BCUT2D eigenvalue weighted by Gasteiger charge is 2.35. The van der Waals surface area contributed by atoms with Gasteiger partial charge < -0.3 is 4.74 Å². The Morgan fingerprint density at radius 1 is 1.39 bits per heavy atom. The molecular weight excluding hydrogens is 360 g/mol. The molecule has 0 saturated carbocycles. The Hall–Kier alpha value is -1.73. The fourth-order valence-electron chi connectivity index (χ4n) is 2.22. The van der Waals surface area contributed by atoms with Crippen molar-refractivity contribution in [3.63, 3.8) is 0 Å². The number of sulfonamides is 1. The van der Waals surface area contributed by atoms with Crippen molar-refractivity contribution < 1.29 is 13.2 Å². The van der Waals surface area contributed by atoms with Gasteiger partial charge in [-0.05, 0) is 18.6 Å². The highest BCUT2D eigenvalue weighted by atomic mass is 35.5. The summed E-state index contributed by atoms with van der Waals surface area (Å²) in [4.78, 5) is 7.84. The first-order valence-electron chi connectivity index (χ1n) is 6.64. The maximum absolute atomic E-state index is 12.5. The maximum atomic E-state index is 12.5. The van der Waals surface area contributed by atoms with Crippen molar-refractivity contribution in [3.05, 3.63) is 34.6 Å². The van der Waals surface area contributed by atoms with Gasteiger partial charge in [-0.25, -0.2) is 18.4 Å². The predicted molar refractivity (Wildman–Crippen MR) is 83.9 cm³/mol. The van der Waals surface area contributed by atoms with E-state index >= 15 is 0 Å². The van der Waals surface area contributed by atoms with Crippen LogP contribution in [-0.4, -0.2) is 41.9 Å². The molecule has 3 heterocycles. The third-order valence-corrected chi connectivity index (χ3v) is 6.86. The molecule has 0 unspecified atom stereocenters. The average Bonchev–Trinajstić information content (AvgIpc) is 3.17.